The highest BCUT2D eigenvalue weighted by Gasteiger charge is 2.19. The first-order valence-electron chi connectivity index (χ1n) is 5.58. The van der Waals surface area contributed by atoms with Gasteiger partial charge in [-0.05, 0) is 5.56 Å². The predicted octanol–water partition coefficient (Wildman–Crippen LogP) is 3.17. The summed E-state index contributed by atoms with van der Waals surface area (Å²) in [4.78, 5) is 0. The van der Waals surface area contributed by atoms with Crippen LogP contribution in [0.25, 0.3) is 0 Å². The van der Waals surface area contributed by atoms with E-state index in [4.69, 9.17) is 0 Å². The van der Waals surface area contributed by atoms with E-state index in [2.05, 4.69) is 11.2 Å². The Morgan fingerprint density at radius 2 is 1.56 bits per heavy atom. The lowest BCUT2D eigenvalue weighted by molar-refractivity contribution is 0.318. The maximum absolute atomic E-state index is 9.30. The van der Waals surface area contributed by atoms with Crippen molar-refractivity contribution in [1.82, 2.24) is 0 Å². The zero-order chi connectivity index (χ0) is 12.8. The minimum atomic E-state index is -0.571. The molecule has 0 fully saturated rings. The van der Waals surface area contributed by atoms with E-state index in [0.29, 0.717) is 5.71 Å². The van der Waals surface area contributed by atoms with Crippen molar-refractivity contribution in [3.63, 3.8) is 0 Å². The van der Waals surface area contributed by atoms with Crippen molar-refractivity contribution < 1.29 is 5.21 Å². The van der Waals surface area contributed by atoms with Gasteiger partial charge in [0.25, 0.3) is 0 Å². The smallest absolute Gasteiger partial charge is 0.117 e. The van der Waals surface area contributed by atoms with Crippen LogP contribution in [0, 0.1) is 11.3 Å². The Hall–Kier alpha value is -2.60. The standard InChI is InChI=1S/C15H12N2O/c16-11-14(12-7-3-1-4-8-12)15(17-18)13-9-5-2-6-10-13/h1-10,14,18H/b17-15+. The molecule has 0 bridgehead atoms. The van der Waals surface area contributed by atoms with Crippen LogP contribution >= 0.6 is 0 Å². The predicted molar refractivity (Wildman–Crippen MR) is 69.6 cm³/mol. The second kappa shape index (κ2) is 5.65. The largest absolute Gasteiger partial charge is 0.411 e. The van der Waals surface area contributed by atoms with E-state index in [1.54, 1.807) is 0 Å². The van der Waals surface area contributed by atoms with E-state index in [1.165, 1.54) is 0 Å². The number of rotatable bonds is 3. The molecule has 2 aromatic carbocycles. The lowest BCUT2D eigenvalue weighted by atomic mass is 9.91. The summed E-state index contributed by atoms with van der Waals surface area (Å²) < 4.78 is 0. The van der Waals surface area contributed by atoms with Crippen LogP contribution in [0.5, 0.6) is 0 Å². The van der Waals surface area contributed by atoms with Crippen molar-refractivity contribution in [1.29, 1.82) is 5.26 Å². The number of benzene rings is 2. The first kappa shape index (κ1) is 11.9. The Bertz CT molecular complexity index is 570. The van der Waals surface area contributed by atoms with Crippen LogP contribution in [0.15, 0.2) is 65.8 Å². The molecule has 0 saturated carbocycles. The highest BCUT2D eigenvalue weighted by molar-refractivity contribution is 6.06. The zero-order valence-corrected chi connectivity index (χ0v) is 9.69. The Morgan fingerprint density at radius 3 is 2.06 bits per heavy atom. The maximum Gasteiger partial charge on any atom is 0.117 e. The van der Waals surface area contributed by atoms with Gasteiger partial charge in [0, 0.05) is 5.56 Å². The Morgan fingerprint density at radius 1 is 1.00 bits per heavy atom. The van der Waals surface area contributed by atoms with Crippen LogP contribution in [-0.2, 0) is 0 Å². The van der Waals surface area contributed by atoms with Gasteiger partial charge >= 0.3 is 0 Å². The molecule has 0 heterocycles. The average molecular weight is 236 g/mol. The summed E-state index contributed by atoms with van der Waals surface area (Å²) >= 11 is 0. The fourth-order valence-electron chi connectivity index (χ4n) is 1.83. The Kier molecular flexibility index (Phi) is 3.72. The summed E-state index contributed by atoms with van der Waals surface area (Å²) in [5.41, 5.74) is 1.93. The summed E-state index contributed by atoms with van der Waals surface area (Å²) in [6, 6.07) is 20.7. The molecule has 0 aliphatic carbocycles. The number of hydrogen-bond acceptors (Lipinski definition) is 3. The van der Waals surface area contributed by atoms with Crippen LogP contribution in [0.1, 0.15) is 17.0 Å². The molecule has 0 aliphatic heterocycles. The summed E-state index contributed by atoms with van der Waals surface area (Å²) in [6.07, 6.45) is 0. The average Bonchev–Trinajstić information content (AvgIpc) is 2.46. The van der Waals surface area contributed by atoms with E-state index in [-0.39, 0.29) is 0 Å². The van der Waals surface area contributed by atoms with E-state index in [0.717, 1.165) is 11.1 Å². The molecule has 1 atom stereocenters. The molecule has 0 aromatic heterocycles. The molecule has 0 amide bonds. The van der Waals surface area contributed by atoms with Crippen LogP contribution in [0.2, 0.25) is 0 Å². The van der Waals surface area contributed by atoms with Gasteiger partial charge in [-0.3, -0.25) is 0 Å². The van der Waals surface area contributed by atoms with Crippen molar-refractivity contribution >= 4 is 5.71 Å². The molecule has 2 rings (SSSR count). The maximum atomic E-state index is 9.30. The monoisotopic (exact) mass is 236 g/mol. The van der Waals surface area contributed by atoms with Gasteiger partial charge in [0.15, 0.2) is 0 Å². The first-order chi connectivity index (χ1) is 8.86. The summed E-state index contributed by atoms with van der Waals surface area (Å²) in [5, 5.41) is 21.8. The van der Waals surface area contributed by atoms with Gasteiger partial charge in [-0.15, -0.1) is 0 Å². The van der Waals surface area contributed by atoms with Crippen molar-refractivity contribution in [2.24, 2.45) is 5.16 Å². The second-order valence-corrected chi connectivity index (χ2v) is 3.82. The normalized spacial score (nSPS) is 12.7. The van der Waals surface area contributed by atoms with Crippen LogP contribution < -0.4 is 0 Å². The van der Waals surface area contributed by atoms with Crippen molar-refractivity contribution in [3.8, 4) is 6.07 Å². The van der Waals surface area contributed by atoms with E-state index in [1.807, 2.05) is 60.7 Å². The topological polar surface area (TPSA) is 56.4 Å². The Labute approximate surface area is 106 Å². The highest BCUT2D eigenvalue weighted by atomic mass is 16.4. The molecular formula is C15H12N2O. The minimum absolute atomic E-state index is 0.365. The molecule has 3 nitrogen and oxygen atoms in total. The lowest BCUT2D eigenvalue weighted by Gasteiger charge is -2.11. The minimum Gasteiger partial charge on any atom is -0.411 e. The lowest BCUT2D eigenvalue weighted by Crippen LogP contribution is -2.12. The van der Waals surface area contributed by atoms with Gasteiger partial charge in [0.1, 0.15) is 11.6 Å². The van der Waals surface area contributed by atoms with E-state index >= 15 is 0 Å². The molecule has 0 aliphatic rings. The molecule has 1 unspecified atom stereocenters. The fourth-order valence-corrected chi connectivity index (χ4v) is 1.83. The molecule has 0 saturated heterocycles. The second-order valence-electron chi connectivity index (χ2n) is 3.82. The first-order valence-corrected chi connectivity index (χ1v) is 5.58. The van der Waals surface area contributed by atoms with E-state index in [9.17, 15) is 10.5 Å². The van der Waals surface area contributed by atoms with Gasteiger partial charge in [0.05, 0.1) is 6.07 Å². The van der Waals surface area contributed by atoms with Crippen molar-refractivity contribution in [3.05, 3.63) is 71.8 Å². The third-order valence-corrected chi connectivity index (χ3v) is 2.71. The van der Waals surface area contributed by atoms with Gasteiger partial charge in [-0.1, -0.05) is 65.8 Å². The van der Waals surface area contributed by atoms with E-state index < -0.39 is 5.92 Å². The van der Waals surface area contributed by atoms with Gasteiger partial charge in [0.2, 0.25) is 0 Å². The quantitative estimate of drug-likeness (QED) is 0.505. The number of hydrogen-bond donors (Lipinski definition) is 1. The van der Waals surface area contributed by atoms with Crippen LogP contribution in [0.3, 0.4) is 0 Å². The van der Waals surface area contributed by atoms with Gasteiger partial charge < -0.3 is 5.21 Å². The Balaban J connectivity index is 2.42. The summed E-state index contributed by atoms with van der Waals surface area (Å²) in [6.45, 7) is 0. The number of nitrogens with zero attached hydrogens (tertiary/aromatic N) is 2. The third-order valence-electron chi connectivity index (χ3n) is 2.71. The van der Waals surface area contributed by atoms with Crippen LogP contribution in [0.4, 0.5) is 0 Å². The molecule has 2 aromatic rings. The van der Waals surface area contributed by atoms with Gasteiger partial charge in [-0.2, -0.15) is 5.26 Å². The molecular weight excluding hydrogens is 224 g/mol. The fraction of sp³-hybridized carbons (Fsp3) is 0.0667. The van der Waals surface area contributed by atoms with Crippen molar-refractivity contribution in [2.75, 3.05) is 0 Å². The zero-order valence-electron chi connectivity index (χ0n) is 9.69. The molecule has 0 radical (unpaired) electrons. The molecule has 3 heteroatoms. The van der Waals surface area contributed by atoms with Crippen molar-refractivity contribution in [2.45, 2.75) is 5.92 Å². The SMILES string of the molecule is N#CC(/C(=N/O)c1ccccc1)c1ccccc1. The molecule has 18 heavy (non-hydrogen) atoms. The molecule has 1 N–H and O–H groups in total. The third kappa shape index (κ3) is 2.38. The van der Waals surface area contributed by atoms with Gasteiger partial charge in [-0.25, -0.2) is 0 Å². The highest BCUT2D eigenvalue weighted by Crippen LogP contribution is 2.20. The molecule has 0 spiro atoms. The number of oxime groups is 1. The number of nitriles is 1. The summed E-state index contributed by atoms with van der Waals surface area (Å²) in [5.74, 6) is -0.571. The summed E-state index contributed by atoms with van der Waals surface area (Å²) in [7, 11) is 0. The molecule has 88 valence electrons. The van der Waals surface area contributed by atoms with Crippen LogP contribution in [-0.4, -0.2) is 10.9 Å².